The van der Waals surface area contributed by atoms with E-state index in [1.54, 1.807) is 30.3 Å². The Hall–Kier alpha value is -2.82. The van der Waals surface area contributed by atoms with Gasteiger partial charge < -0.3 is 15.6 Å². The first-order chi connectivity index (χ1) is 9.09. The molecule has 0 amide bonds. The van der Waals surface area contributed by atoms with Gasteiger partial charge in [0.1, 0.15) is 11.3 Å². The van der Waals surface area contributed by atoms with Crippen molar-refractivity contribution in [2.24, 2.45) is 0 Å². The number of carboxylic acid groups (broad SMARTS) is 1. The normalized spacial score (nSPS) is 9.89. The molecule has 0 fully saturated rings. The van der Waals surface area contributed by atoms with Crippen LogP contribution in [0.15, 0.2) is 48.5 Å². The summed E-state index contributed by atoms with van der Waals surface area (Å²) in [4.78, 5) is 22.9. The van der Waals surface area contributed by atoms with Gasteiger partial charge >= 0.3 is 11.9 Å². The molecule has 0 saturated heterocycles. The highest BCUT2D eigenvalue weighted by Gasteiger charge is 2.16. The molecule has 2 aromatic rings. The second-order valence-corrected chi connectivity index (χ2v) is 3.78. The Balaban J connectivity index is 2.30. The first-order valence-electron chi connectivity index (χ1n) is 5.48. The average molecular weight is 257 g/mol. The van der Waals surface area contributed by atoms with Crippen LogP contribution in [0.3, 0.4) is 0 Å². The van der Waals surface area contributed by atoms with Gasteiger partial charge in [-0.15, -0.1) is 0 Å². The maximum absolute atomic E-state index is 11.9. The molecular weight excluding hydrogens is 246 g/mol. The summed E-state index contributed by atoms with van der Waals surface area (Å²) in [6.07, 6.45) is 0. The van der Waals surface area contributed by atoms with E-state index in [0.29, 0.717) is 0 Å². The van der Waals surface area contributed by atoms with Crippen LogP contribution in [0.1, 0.15) is 20.7 Å². The number of para-hydroxylation sites is 2. The minimum atomic E-state index is -1.16. The quantitative estimate of drug-likeness (QED) is 0.499. The summed E-state index contributed by atoms with van der Waals surface area (Å²) in [5.41, 5.74) is 6.05. The molecule has 5 nitrogen and oxygen atoms in total. The molecule has 0 spiro atoms. The summed E-state index contributed by atoms with van der Waals surface area (Å²) < 4.78 is 5.07. The molecule has 2 aromatic carbocycles. The third-order valence-corrected chi connectivity index (χ3v) is 2.50. The molecule has 96 valence electrons. The standard InChI is InChI=1S/C14H11NO4/c15-11-7-3-1-5-9(11)14(18)19-12-8-4-2-6-10(12)13(16)17/h1-8H,15H2,(H,16,17). The number of ether oxygens (including phenoxy) is 1. The second-order valence-electron chi connectivity index (χ2n) is 3.78. The van der Waals surface area contributed by atoms with E-state index >= 15 is 0 Å². The summed E-state index contributed by atoms with van der Waals surface area (Å²) in [6, 6.07) is 12.3. The van der Waals surface area contributed by atoms with Crippen molar-refractivity contribution in [3.63, 3.8) is 0 Å². The third-order valence-electron chi connectivity index (χ3n) is 2.50. The Morgan fingerprint density at radius 1 is 0.947 bits per heavy atom. The first kappa shape index (κ1) is 12.6. The van der Waals surface area contributed by atoms with Crippen molar-refractivity contribution in [3.8, 4) is 5.75 Å². The Labute approximate surface area is 109 Å². The number of carboxylic acids is 1. The van der Waals surface area contributed by atoms with Crippen LogP contribution in [0.4, 0.5) is 5.69 Å². The summed E-state index contributed by atoms with van der Waals surface area (Å²) in [5, 5.41) is 8.99. The lowest BCUT2D eigenvalue weighted by Gasteiger charge is -2.08. The molecule has 3 N–H and O–H groups in total. The maximum atomic E-state index is 11.9. The predicted molar refractivity (Wildman–Crippen MR) is 69.2 cm³/mol. The van der Waals surface area contributed by atoms with E-state index < -0.39 is 11.9 Å². The summed E-state index contributed by atoms with van der Waals surface area (Å²) in [5.74, 6) is -1.86. The van der Waals surface area contributed by atoms with Gasteiger partial charge in [-0.2, -0.15) is 0 Å². The fourth-order valence-corrected chi connectivity index (χ4v) is 1.57. The van der Waals surface area contributed by atoms with Gasteiger partial charge in [0.2, 0.25) is 0 Å². The number of carbonyl (C=O) groups is 2. The largest absolute Gasteiger partial charge is 0.478 e. The molecule has 0 aliphatic rings. The van der Waals surface area contributed by atoms with Crippen molar-refractivity contribution in [2.75, 3.05) is 5.73 Å². The maximum Gasteiger partial charge on any atom is 0.345 e. The summed E-state index contributed by atoms with van der Waals surface area (Å²) in [6.45, 7) is 0. The number of benzene rings is 2. The molecule has 0 heterocycles. The number of aromatic carboxylic acids is 1. The SMILES string of the molecule is Nc1ccccc1C(=O)Oc1ccccc1C(=O)O. The lowest BCUT2D eigenvalue weighted by molar-refractivity contribution is 0.0682. The summed E-state index contributed by atoms with van der Waals surface area (Å²) >= 11 is 0. The number of rotatable bonds is 3. The van der Waals surface area contributed by atoms with Crippen molar-refractivity contribution in [1.82, 2.24) is 0 Å². The van der Waals surface area contributed by atoms with Gasteiger partial charge in [-0.1, -0.05) is 24.3 Å². The fraction of sp³-hybridized carbons (Fsp3) is 0. The van der Waals surface area contributed by atoms with E-state index in [9.17, 15) is 9.59 Å². The Morgan fingerprint density at radius 3 is 2.16 bits per heavy atom. The summed E-state index contributed by atoms with van der Waals surface area (Å²) in [7, 11) is 0. The third kappa shape index (κ3) is 2.71. The second kappa shape index (κ2) is 5.22. The zero-order valence-electron chi connectivity index (χ0n) is 9.87. The number of nitrogen functional groups attached to an aromatic ring is 1. The van der Waals surface area contributed by atoms with Crippen LogP contribution in [0.25, 0.3) is 0 Å². The molecule has 0 bridgehead atoms. The molecule has 0 aliphatic heterocycles. The van der Waals surface area contributed by atoms with Crippen molar-refractivity contribution < 1.29 is 19.4 Å². The highest BCUT2D eigenvalue weighted by molar-refractivity contribution is 5.98. The number of anilines is 1. The first-order valence-corrected chi connectivity index (χ1v) is 5.48. The molecule has 19 heavy (non-hydrogen) atoms. The molecule has 0 saturated carbocycles. The minimum absolute atomic E-state index is 0.0109. The van der Waals surface area contributed by atoms with Gasteiger partial charge in [-0.05, 0) is 24.3 Å². The predicted octanol–water partition coefficient (Wildman–Crippen LogP) is 2.19. The number of esters is 1. The Kier molecular flexibility index (Phi) is 3.47. The van der Waals surface area contributed by atoms with Crippen molar-refractivity contribution in [1.29, 1.82) is 0 Å². The van der Waals surface area contributed by atoms with Gasteiger partial charge in [0, 0.05) is 5.69 Å². The average Bonchev–Trinajstić information content (AvgIpc) is 2.39. The van der Waals surface area contributed by atoms with Crippen molar-refractivity contribution in [3.05, 3.63) is 59.7 Å². The number of nitrogens with two attached hydrogens (primary N) is 1. The van der Waals surface area contributed by atoms with Gasteiger partial charge in [0.05, 0.1) is 5.56 Å². The van der Waals surface area contributed by atoms with E-state index in [-0.39, 0.29) is 22.6 Å². The molecule has 0 aliphatic carbocycles. The smallest absolute Gasteiger partial charge is 0.345 e. The molecule has 0 aromatic heterocycles. The zero-order valence-corrected chi connectivity index (χ0v) is 9.87. The fourth-order valence-electron chi connectivity index (χ4n) is 1.57. The minimum Gasteiger partial charge on any atom is -0.478 e. The van der Waals surface area contributed by atoms with Gasteiger partial charge in [0.15, 0.2) is 0 Å². The van der Waals surface area contributed by atoms with E-state index in [2.05, 4.69) is 0 Å². The van der Waals surface area contributed by atoms with Gasteiger partial charge in [-0.25, -0.2) is 9.59 Å². The molecular formula is C14H11NO4. The van der Waals surface area contributed by atoms with E-state index in [1.165, 1.54) is 18.2 Å². The Morgan fingerprint density at radius 2 is 1.53 bits per heavy atom. The lowest BCUT2D eigenvalue weighted by Crippen LogP contribution is -2.13. The monoisotopic (exact) mass is 257 g/mol. The van der Waals surface area contributed by atoms with E-state index in [0.717, 1.165) is 0 Å². The highest BCUT2D eigenvalue weighted by atomic mass is 16.5. The molecule has 0 atom stereocenters. The zero-order chi connectivity index (χ0) is 13.8. The van der Waals surface area contributed by atoms with Crippen LogP contribution < -0.4 is 10.5 Å². The van der Waals surface area contributed by atoms with E-state index in [4.69, 9.17) is 15.6 Å². The Bertz CT molecular complexity index is 637. The van der Waals surface area contributed by atoms with E-state index in [1.807, 2.05) is 0 Å². The highest BCUT2D eigenvalue weighted by Crippen LogP contribution is 2.20. The van der Waals surface area contributed by atoms with Crippen LogP contribution in [-0.4, -0.2) is 17.0 Å². The molecule has 0 unspecified atom stereocenters. The van der Waals surface area contributed by atoms with Gasteiger partial charge in [0.25, 0.3) is 0 Å². The lowest BCUT2D eigenvalue weighted by atomic mass is 10.2. The van der Waals surface area contributed by atoms with Crippen LogP contribution in [0, 0.1) is 0 Å². The van der Waals surface area contributed by atoms with Crippen LogP contribution in [0.5, 0.6) is 5.75 Å². The number of hydrogen-bond acceptors (Lipinski definition) is 4. The number of carbonyl (C=O) groups excluding carboxylic acids is 1. The molecule has 0 radical (unpaired) electrons. The number of hydrogen-bond donors (Lipinski definition) is 2. The topological polar surface area (TPSA) is 89.6 Å². The van der Waals surface area contributed by atoms with Crippen LogP contribution in [-0.2, 0) is 0 Å². The van der Waals surface area contributed by atoms with Crippen LogP contribution in [0.2, 0.25) is 0 Å². The van der Waals surface area contributed by atoms with Crippen molar-refractivity contribution in [2.45, 2.75) is 0 Å². The molecule has 5 heteroatoms. The van der Waals surface area contributed by atoms with Gasteiger partial charge in [-0.3, -0.25) is 0 Å². The van der Waals surface area contributed by atoms with Crippen LogP contribution >= 0.6 is 0 Å². The van der Waals surface area contributed by atoms with Crippen molar-refractivity contribution >= 4 is 17.6 Å². The molecule has 2 rings (SSSR count).